The molecule has 4 heterocycles. The number of hydrogen-bond acceptors (Lipinski definition) is 6. The van der Waals surface area contributed by atoms with Crippen LogP contribution in [0.5, 0.6) is 0 Å². The van der Waals surface area contributed by atoms with Crippen molar-refractivity contribution in [1.29, 1.82) is 0 Å². The van der Waals surface area contributed by atoms with Crippen LogP contribution >= 0.6 is 11.6 Å². The highest BCUT2D eigenvalue weighted by atomic mass is 35.5. The molecule has 1 atom stereocenters. The lowest BCUT2D eigenvalue weighted by molar-refractivity contribution is -0.134. The fourth-order valence-corrected chi connectivity index (χ4v) is 7.32. The van der Waals surface area contributed by atoms with E-state index in [1.165, 1.54) is 0 Å². The van der Waals surface area contributed by atoms with Gasteiger partial charge < -0.3 is 30.7 Å². The van der Waals surface area contributed by atoms with Crippen molar-refractivity contribution >= 4 is 51.2 Å². The molecule has 11 nitrogen and oxygen atoms in total. The number of nitrogens with one attached hydrogen (secondary N) is 2. The van der Waals surface area contributed by atoms with Crippen molar-refractivity contribution in [3.05, 3.63) is 69.2 Å². The normalized spacial score (nSPS) is 17.2. The summed E-state index contributed by atoms with van der Waals surface area (Å²) >= 11 is 6.46. The number of halogens is 1. The van der Waals surface area contributed by atoms with Gasteiger partial charge in [-0.2, -0.15) is 0 Å². The molecule has 2 aliphatic heterocycles. The van der Waals surface area contributed by atoms with E-state index >= 15 is 0 Å². The van der Waals surface area contributed by atoms with E-state index in [9.17, 15) is 14.4 Å². The number of pyridine rings is 1. The SMILES string of the molecule is CCc1cc(C[C@@H](NC(=O)N2CCC(n3c(=O)[nH]c4c5ccccc5ncc43)CC2)C(=O)N2CCC(N(C)C)CC2)cc(Cl)c1N. The predicted molar refractivity (Wildman–Crippen MR) is 182 cm³/mol. The summed E-state index contributed by atoms with van der Waals surface area (Å²) in [7, 11) is 4.14. The van der Waals surface area contributed by atoms with E-state index in [1.807, 2.05) is 42.2 Å². The number of fused-ring (bicyclic) bond motifs is 3. The second-order valence-corrected chi connectivity index (χ2v) is 13.2. The summed E-state index contributed by atoms with van der Waals surface area (Å²) in [4.78, 5) is 54.2. The number of rotatable bonds is 7. The van der Waals surface area contributed by atoms with Crippen LogP contribution < -0.4 is 16.7 Å². The highest BCUT2D eigenvalue weighted by Gasteiger charge is 2.33. The molecule has 0 unspecified atom stereocenters. The van der Waals surface area contributed by atoms with Gasteiger partial charge in [-0.1, -0.05) is 42.8 Å². The number of aryl methyl sites for hydroxylation is 1. The van der Waals surface area contributed by atoms with E-state index in [2.05, 4.69) is 34.3 Å². The first-order valence-electron chi connectivity index (χ1n) is 16.2. The second kappa shape index (κ2) is 13.3. The minimum atomic E-state index is -0.749. The number of hydrogen-bond donors (Lipinski definition) is 3. The van der Waals surface area contributed by atoms with E-state index in [4.69, 9.17) is 17.3 Å². The summed E-state index contributed by atoms with van der Waals surface area (Å²) < 4.78 is 1.78. The van der Waals surface area contributed by atoms with Crippen LogP contribution in [0, 0.1) is 0 Å². The van der Waals surface area contributed by atoms with Gasteiger partial charge in [-0.3, -0.25) is 14.3 Å². The first-order chi connectivity index (χ1) is 22.1. The summed E-state index contributed by atoms with van der Waals surface area (Å²) in [6, 6.07) is 10.8. The van der Waals surface area contributed by atoms with Crippen LogP contribution in [0.2, 0.25) is 5.02 Å². The van der Waals surface area contributed by atoms with Crippen LogP contribution in [0.4, 0.5) is 10.5 Å². The smallest absolute Gasteiger partial charge is 0.326 e. The molecule has 4 aromatic rings. The Hall–Kier alpha value is -4.09. The van der Waals surface area contributed by atoms with E-state index in [1.54, 1.807) is 21.7 Å². The number of amides is 3. The van der Waals surface area contributed by atoms with Crippen molar-refractivity contribution < 1.29 is 9.59 Å². The molecule has 6 rings (SSSR count). The summed E-state index contributed by atoms with van der Waals surface area (Å²) in [5, 5.41) is 4.44. The lowest BCUT2D eigenvalue weighted by atomic mass is 9.98. The lowest BCUT2D eigenvalue weighted by Gasteiger charge is -2.38. The number of carbonyl (C=O) groups excluding carboxylic acids is 2. The number of likely N-dealkylation sites (tertiary alicyclic amines) is 2. The zero-order valence-electron chi connectivity index (χ0n) is 26.8. The van der Waals surface area contributed by atoms with Gasteiger partial charge in [-0.15, -0.1) is 0 Å². The predicted octanol–water partition coefficient (Wildman–Crippen LogP) is 4.19. The Balaban J connectivity index is 1.17. The molecule has 0 radical (unpaired) electrons. The number of nitrogen functional groups attached to an aromatic ring is 1. The van der Waals surface area contributed by atoms with E-state index in [0.29, 0.717) is 68.6 Å². The third kappa shape index (κ3) is 6.30. The molecule has 2 fully saturated rings. The number of para-hydroxylation sites is 1. The standard InChI is InChI=1S/C34H43ClN8O3/c1-4-22-17-21(18-26(35)30(22)36)19-28(32(44)41-13-9-23(10-14-41)40(2)3)38-33(45)42-15-11-24(12-16-42)43-29-20-37-27-8-6-5-7-25(27)31(29)39-34(43)46/h5-8,17-18,20,23-24,28H,4,9-16,19,36H2,1-3H3,(H,38,45)(H,39,46)/t28-/m1/s1. The van der Waals surface area contributed by atoms with Crippen LogP contribution in [-0.4, -0.2) is 93.5 Å². The topological polar surface area (TPSA) is 133 Å². The van der Waals surface area contributed by atoms with Gasteiger partial charge in [-0.25, -0.2) is 9.59 Å². The van der Waals surface area contributed by atoms with Crippen LogP contribution in [-0.2, 0) is 17.6 Å². The van der Waals surface area contributed by atoms with Gasteiger partial charge in [0, 0.05) is 50.1 Å². The zero-order valence-corrected chi connectivity index (χ0v) is 27.5. The summed E-state index contributed by atoms with van der Waals surface area (Å²) in [6.07, 6.45) is 5.77. The van der Waals surface area contributed by atoms with Gasteiger partial charge in [0.15, 0.2) is 0 Å². The number of imidazole rings is 1. The maximum Gasteiger partial charge on any atom is 0.326 e. The molecule has 2 aromatic carbocycles. The number of piperidine rings is 2. The van der Waals surface area contributed by atoms with Crippen LogP contribution in [0.15, 0.2) is 47.4 Å². The van der Waals surface area contributed by atoms with Crippen LogP contribution in [0.25, 0.3) is 21.9 Å². The first-order valence-corrected chi connectivity index (χ1v) is 16.6. The number of H-pyrrole nitrogens is 1. The van der Waals surface area contributed by atoms with Gasteiger partial charge in [0.25, 0.3) is 0 Å². The monoisotopic (exact) mass is 646 g/mol. The fourth-order valence-electron chi connectivity index (χ4n) is 7.06. The third-order valence-electron chi connectivity index (χ3n) is 9.78. The number of anilines is 1. The van der Waals surface area contributed by atoms with Gasteiger partial charge in [0.2, 0.25) is 5.91 Å². The lowest BCUT2D eigenvalue weighted by Crippen LogP contribution is -2.56. The van der Waals surface area contributed by atoms with Gasteiger partial charge in [-0.05, 0) is 69.5 Å². The van der Waals surface area contributed by atoms with Crippen molar-refractivity contribution in [2.45, 2.75) is 63.6 Å². The number of aromatic nitrogens is 3. The van der Waals surface area contributed by atoms with Crippen molar-refractivity contribution in [2.24, 2.45) is 0 Å². The number of nitrogens with zero attached hydrogens (tertiary/aromatic N) is 5. The molecule has 2 aromatic heterocycles. The van der Waals surface area contributed by atoms with Crippen molar-refractivity contribution in [3.8, 4) is 0 Å². The Morgan fingerprint density at radius 3 is 2.48 bits per heavy atom. The molecule has 2 aliphatic rings. The fraction of sp³-hybridized carbons (Fsp3) is 0.471. The molecule has 0 saturated carbocycles. The highest BCUT2D eigenvalue weighted by molar-refractivity contribution is 6.33. The minimum absolute atomic E-state index is 0.0759. The molecule has 12 heteroatoms. The Morgan fingerprint density at radius 1 is 1.09 bits per heavy atom. The number of nitrogens with two attached hydrogens (primary N) is 1. The largest absolute Gasteiger partial charge is 0.397 e. The molecule has 0 aliphatic carbocycles. The summed E-state index contributed by atoms with van der Waals surface area (Å²) in [5.41, 5.74) is 10.7. The average Bonchev–Trinajstić information content (AvgIpc) is 3.41. The summed E-state index contributed by atoms with van der Waals surface area (Å²) in [5.74, 6) is -0.0866. The average molecular weight is 647 g/mol. The van der Waals surface area contributed by atoms with Crippen LogP contribution in [0.3, 0.4) is 0 Å². The quantitative estimate of drug-likeness (QED) is 0.258. The van der Waals surface area contributed by atoms with E-state index in [-0.39, 0.29) is 23.7 Å². The third-order valence-corrected chi connectivity index (χ3v) is 10.1. The number of urea groups is 1. The molecule has 3 amide bonds. The van der Waals surface area contributed by atoms with Gasteiger partial charge in [0.1, 0.15) is 6.04 Å². The number of aromatic amines is 1. The Kier molecular flexibility index (Phi) is 9.24. The van der Waals surface area contributed by atoms with Crippen molar-refractivity contribution in [2.75, 3.05) is 46.0 Å². The molecule has 244 valence electrons. The number of benzene rings is 2. The Morgan fingerprint density at radius 2 is 1.78 bits per heavy atom. The second-order valence-electron chi connectivity index (χ2n) is 12.8. The van der Waals surface area contributed by atoms with Crippen molar-refractivity contribution in [1.82, 2.24) is 34.6 Å². The Bertz CT molecular complexity index is 1800. The van der Waals surface area contributed by atoms with Gasteiger partial charge >= 0.3 is 11.7 Å². The van der Waals surface area contributed by atoms with Crippen molar-refractivity contribution in [3.63, 3.8) is 0 Å². The molecule has 0 spiro atoms. The van der Waals surface area contributed by atoms with E-state index in [0.717, 1.165) is 45.9 Å². The van der Waals surface area contributed by atoms with Crippen LogP contribution in [0.1, 0.15) is 49.8 Å². The first kappa shape index (κ1) is 31.9. The molecule has 46 heavy (non-hydrogen) atoms. The molecule has 0 bridgehead atoms. The minimum Gasteiger partial charge on any atom is -0.397 e. The van der Waals surface area contributed by atoms with E-state index < -0.39 is 6.04 Å². The molecular weight excluding hydrogens is 604 g/mol. The molecule has 2 saturated heterocycles. The molecule has 4 N–H and O–H groups in total. The zero-order chi connectivity index (χ0) is 32.5. The Labute approximate surface area is 273 Å². The maximum absolute atomic E-state index is 13.9. The number of carbonyl (C=O) groups is 2. The maximum atomic E-state index is 13.9. The van der Waals surface area contributed by atoms with Gasteiger partial charge in [0.05, 0.1) is 33.5 Å². The molecular formula is C34H43ClN8O3. The summed E-state index contributed by atoms with van der Waals surface area (Å²) in [6.45, 7) is 4.22. The highest BCUT2D eigenvalue weighted by Crippen LogP contribution is 2.29.